The normalized spacial score (nSPS) is 12.7. The maximum absolute atomic E-state index is 6.12. The summed E-state index contributed by atoms with van der Waals surface area (Å²) < 4.78 is 0. The predicted octanol–water partition coefficient (Wildman–Crippen LogP) is 5.73. The largest absolute Gasteiger partial charge is 0.146 e. The van der Waals surface area contributed by atoms with Gasteiger partial charge in [-0.1, -0.05) is 57.3 Å². The van der Waals surface area contributed by atoms with E-state index >= 15 is 0 Å². The number of hydrogen-bond acceptors (Lipinski definition) is 1. The van der Waals surface area contributed by atoms with Crippen molar-refractivity contribution in [2.45, 2.75) is 11.2 Å². The van der Waals surface area contributed by atoms with Crippen LogP contribution in [0.4, 0.5) is 0 Å². The number of benzene rings is 1. The van der Waals surface area contributed by atoms with E-state index in [1.54, 1.807) is 11.3 Å². The van der Waals surface area contributed by atoms with Gasteiger partial charge in [0.05, 0.1) is 9.85 Å². The van der Waals surface area contributed by atoms with Gasteiger partial charge in [0.2, 0.25) is 0 Å². The smallest absolute Gasteiger partial charge is 0.0556 e. The Morgan fingerprint density at radius 2 is 1.88 bits per heavy atom. The van der Waals surface area contributed by atoms with Gasteiger partial charge in [-0.2, -0.15) is 0 Å². The van der Waals surface area contributed by atoms with Crippen LogP contribution in [-0.4, -0.2) is 0 Å². The van der Waals surface area contributed by atoms with Crippen LogP contribution in [0.1, 0.15) is 15.3 Å². The lowest BCUT2D eigenvalue weighted by Crippen LogP contribution is -1.94. The van der Waals surface area contributed by atoms with E-state index in [4.69, 9.17) is 23.2 Å². The van der Waals surface area contributed by atoms with Crippen LogP contribution in [-0.2, 0) is 6.42 Å². The average molecular weight is 336 g/mol. The molecular formula is C12H9BrCl2S. The van der Waals surface area contributed by atoms with Crippen LogP contribution >= 0.6 is 50.5 Å². The molecule has 0 saturated heterocycles. The third-order valence-electron chi connectivity index (χ3n) is 2.29. The third kappa shape index (κ3) is 2.80. The SMILES string of the molecule is Clc1ccccc1CC(Br)c1sccc1Cl. The topological polar surface area (TPSA) is 0 Å². The summed E-state index contributed by atoms with van der Waals surface area (Å²) in [6.07, 6.45) is 0.847. The zero-order chi connectivity index (χ0) is 11.5. The Labute approximate surface area is 117 Å². The fraction of sp³-hybridized carbons (Fsp3) is 0.167. The Morgan fingerprint density at radius 3 is 2.50 bits per heavy atom. The Hall–Kier alpha value is -0.0200. The molecular weight excluding hydrogens is 327 g/mol. The van der Waals surface area contributed by atoms with Crippen LogP contribution in [0.15, 0.2) is 35.7 Å². The van der Waals surface area contributed by atoms with Gasteiger partial charge < -0.3 is 0 Å². The Kier molecular flexibility index (Phi) is 4.31. The lowest BCUT2D eigenvalue weighted by molar-refractivity contribution is 0.970. The summed E-state index contributed by atoms with van der Waals surface area (Å²) in [5, 5.41) is 3.62. The molecule has 0 amide bonds. The van der Waals surface area contributed by atoms with E-state index in [9.17, 15) is 0 Å². The minimum absolute atomic E-state index is 0.222. The average Bonchev–Trinajstić information content (AvgIpc) is 2.68. The molecule has 0 bridgehead atoms. The fourth-order valence-electron chi connectivity index (χ4n) is 1.48. The molecule has 0 fully saturated rings. The maximum atomic E-state index is 6.12. The Bertz CT molecular complexity index is 481. The molecule has 1 atom stereocenters. The first kappa shape index (κ1) is 12.4. The Balaban J connectivity index is 2.17. The van der Waals surface area contributed by atoms with E-state index in [0.29, 0.717) is 0 Å². The summed E-state index contributed by atoms with van der Waals surface area (Å²) in [6.45, 7) is 0. The summed E-state index contributed by atoms with van der Waals surface area (Å²) in [5.41, 5.74) is 1.13. The van der Waals surface area contributed by atoms with Crippen molar-refractivity contribution < 1.29 is 0 Å². The predicted molar refractivity (Wildman–Crippen MR) is 76.2 cm³/mol. The molecule has 2 aromatic rings. The molecule has 1 aromatic heterocycles. The molecule has 1 heterocycles. The maximum Gasteiger partial charge on any atom is 0.0556 e. The van der Waals surface area contributed by atoms with E-state index in [1.807, 2.05) is 35.7 Å². The lowest BCUT2D eigenvalue weighted by atomic mass is 10.1. The highest BCUT2D eigenvalue weighted by atomic mass is 79.9. The molecule has 2 rings (SSSR count). The van der Waals surface area contributed by atoms with Crippen LogP contribution in [0.2, 0.25) is 10.0 Å². The fourth-order valence-corrected chi connectivity index (χ4v) is 3.91. The van der Waals surface area contributed by atoms with Crippen LogP contribution in [0.25, 0.3) is 0 Å². The van der Waals surface area contributed by atoms with E-state index in [-0.39, 0.29) is 4.83 Å². The monoisotopic (exact) mass is 334 g/mol. The second-order valence-electron chi connectivity index (χ2n) is 3.40. The number of alkyl halides is 1. The quantitative estimate of drug-likeness (QED) is 0.628. The van der Waals surface area contributed by atoms with Crippen molar-refractivity contribution in [3.8, 4) is 0 Å². The van der Waals surface area contributed by atoms with Crippen molar-refractivity contribution in [1.82, 2.24) is 0 Å². The first-order chi connectivity index (χ1) is 7.68. The van der Waals surface area contributed by atoms with Crippen molar-refractivity contribution in [1.29, 1.82) is 0 Å². The molecule has 0 nitrogen and oxygen atoms in total. The molecule has 0 spiro atoms. The molecule has 0 aliphatic rings. The minimum atomic E-state index is 0.222. The third-order valence-corrected chi connectivity index (χ3v) is 5.21. The molecule has 0 aliphatic carbocycles. The summed E-state index contributed by atoms with van der Waals surface area (Å²) in [6, 6.07) is 9.80. The first-order valence-electron chi connectivity index (χ1n) is 4.79. The molecule has 0 aliphatic heterocycles. The van der Waals surface area contributed by atoms with Gasteiger partial charge in [-0.15, -0.1) is 11.3 Å². The number of rotatable bonds is 3. The molecule has 1 aromatic carbocycles. The van der Waals surface area contributed by atoms with Crippen molar-refractivity contribution in [3.63, 3.8) is 0 Å². The van der Waals surface area contributed by atoms with Gasteiger partial charge >= 0.3 is 0 Å². The summed E-state index contributed by atoms with van der Waals surface area (Å²) in [7, 11) is 0. The molecule has 0 radical (unpaired) electrons. The van der Waals surface area contributed by atoms with E-state index in [1.165, 1.54) is 0 Å². The first-order valence-corrected chi connectivity index (χ1v) is 7.34. The molecule has 0 N–H and O–H groups in total. The molecule has 16 heavy (non-hydrogen) atoms. The van der Waals surface area contributed by atoms with Gasteiger partial charge in [0.25, 0.3) is 0 Å². The second-order valence-corrected chi connectivity index (χ2v) is 6.26. The highest BCUT2D eigenvalue weighted by Crippen LogP contribution is 2.37. The lowest BCUT2D eigenvalue weighted by Gasteiger charge is -2.09. The van der Waals surface area contributed by atoms with Gasteiger partial charge in [-0.05, 0) is 29.5 Å². The van der Waals surface area contributed by atoms with Crippen molar-refractivity contribution in [2.75, 3.05) is 0 Å². The molecule has 84 valence electrons. The van der Waals surface area contributed by atoms with Crippen molar-refractivity contribution in [3.05, 3.63) is 56.2 Å². The van der Waals surface area contributed by atoms with Crippen LogP contribution in [0.5, 0.6) is 0 Å². The van der Waals surface area contributed by atoms with Crippen molar-refractivity contribution >= 4 is 50.5 Å². The van der Waals surface area contributed by atoms with E-state index in [0.717, 1.165) is 26.9 Å². The van der Waals surface area contributed by atoms with Crippen molar-refractivity contribution in [2.24, 2.45) is 0 Å². The molecule has 0 saturated carbocycles. The minimum Gasteiger partial charge on any atom is -0.146 e. The second kappa shape index (κ2) is 5.54. The zero-order valence-electron chi connectivity index (χ0n) is 8.29. The number of halogens is 3. The highest BCUT2D eigenvalue weighted by molar-refractivity contribution is 9.09. The van der Waals surface area contributed by atoms with E-state index in [2.05, 4.69) is 15.9 Å². The standard InChI is InChI=1S/C12H9BrCl2S/c13-9(12-11(15)5-6-16-12)7-8-3-1-2-4-10(8)14/h1-6,9H,7H2. The van der Waals surface area contributed by atoms with Gasteiger partial charge in [0, 0.05) is 9.90 Å². The Morgan fingerprint density at radius 1 is 1.12 bits per heavy atom. The van der Waals surface area contributed by atoms with Crippen LogP contribution < -0.4 is 0 Å². The molecule has 1 unspecified atom stereocenters. The number of thiophene rings is 1. The number of hydrogen-bond donors (Lipinski definition) is 0. The van der Waals surface area contributed by atoms with E-state index < -0.39 is 0 Å². The summed E-state index contributed by atoms with van der Waals surface area (Å²) in [5.74, 6) is 0. The zero-order valence-corrected chi connectivity index (χ0v) is 12.2. The summed E-state index contributed by atoms with van der Waals surface area (Å²) in [4.78, 5) is 1.38. The van der Waals surface area contributed by atoms with Gasteiger partial charge in [-0.25, -0.2) is 0 Å². The van der Waals surface area contributed by atoms with Gasteiger partial charge in [-0.3, -0.25) is 0 Å². The van der Waals surface area contributed by atoms with Gasteiger partial charge in [0.15, 0.2) is 0 Å². The molecule has 4 heteroatoms. The highest BCUT2D eigenvalue weighted by Gasteiger charge is 2.14. The van der Waals surface area contributed by atoms with Gasteiger partial charge in [0.1, 0.15) is 0 Å². The summed E-state index contributed by atoms with van der Waals surface area (Å²) >= 11 is 17.5. The van der Waals surface area contributed by atoms with Crippen LogP contribution in [0.3, 0.4) is 0 Å². The van der Waals surface area contributed by atoms with Crippen LogP contribution in [0, 0.1) is 0 Å².